The van der Waals surface area contributed by atoms with E-state index in [1.807, 2.05) is 0 Å². The van der Waals surface area contributed by atoms with Crippen LogP contribution in [0.3, 0.4) is 0 Å². The molecular weight excluding hydrogens is 352 g/mol. The topological polar surface area (TPSA) is 101 Å². The molecule has 1 aromatic rings. The van der Waals surface area contributed by atoms with Crippen LogP contribution < -0.4 is 4.90 Å². The molecule has 1 rings (SSSR count). The minimum atomic E-state index is -3.61. The number of hydrogen-bond donors (Lipinski definition) is 1. The van der Waals surface area contributed by atoms with E-state index >= 15 is 0 Å². The maximum atomic E-state index is 11.8. The van der Waals surface area contributed by atoms with Gasteiger partial charge >= 0.3 is 0 Å². The van der Waals surface area contributed by atoms with Gasteiger partial charge in [0.05, 0.1) is 22.1 Å². The van der Waals surface area contributed by atoms with Crippen LogP contribution >= 0.6 is 15.9 Å². The van der Waals surface area contributed by atoms with Gasteiger partial charge in [-0.2, -0.15) is 0 Å². The second-order valence-corrected chi connectivity index (χ2v) is 6.86. The summed E-state index contributed by atoms with van der Waals surface area (Å²) >= 11 is 3.25. The SMILES string of the molecule is CS(=O)(=O)c1cc([N+](=O)[O-])ccc1N(CCO)CCBr. The first-order valence-corrected chi connectivity index (χ1v) is 8.72. The summed E-state index contributed by atoms with van der Waals surface area (Å²) in [5, 5.41) is 20.4. The summed E-state index contributed by atoms with van der Waals surface area (Å²) < 4.78 is 23.6. The maximum Gasteiger partial charge on any atom is 0.270 e. The molecule has 0 fully saturated rings. The highest BCUT2D eigenvalue weighted by Crippen LogP contribution is 2.29. The lowest BCUT2D eigenvalue weighted by molar-refractivity contribution is -0.385. The van der Waals surface area contributed by atoms with Gasteiger partial charge in [0.1, 0.15) is 0 Å². The van der Waals surface area contributed by atoms with Crippen molar-refractivity contribution >= 4 is 37.1 Å². The Labute approximate surface area is 125 Å². The third-order valence-electron chi connectivity index (χ3n) is 2.62. The predicted molar refractivity (Wildman–Crippen MR) is 79.3 cm³/mol. The number of aliphatic hydroxyl groups is 1. The number of rotatable bonds is 7. The summed E-state index contributed by atoms with van der Waals surface area (Å²) in [5.41, 5.74) is 0.0727. The van der Waals surface area contributed by atoms with Crippen LogP contribution in [-0.2, 0) is 9.84 Å². The standard InChI is InChI=1S/C11H15BrN2O5S/c1-20(18,19)11-8-9(14(16)17)2-3-10(11)13(5-4-12)6-7-15/h2-3,8,15H,4-7H2,1H3. The van der Waals surface area contributed by atoms with E-state index in [-0.39, 0.29) is 23.7 Å². The Morgan fingerprint density at radius 2 is 2.05 bits per heavy atom. The Morgan fingerprint density at radius 1 is 1.40 bits per heavy atom. The second kappa shape index (κ2) is 7.00. The highest BCUT2D eigenvalue weighted by Gasteiger charge is 2.21. The molecule has 20 heavy (non-hydrogen) atoms. The summed E-state index contributed by atoms with van der Waals surface area (Å²) in [6.45, 7) is 0.569. The average Bonchev–Trinajstić information content (AvgIpc) is 2.36. The summed E-state index contributed by atoms with van der Waals surface area (Å²) in [7, 11) is -3.61. The summed E-state index contributed by atoms with van der Waals surface area (Å²) in [4.78, 5) is 11.7. The van der Waals surface area contributed by atoms with Crippen LogP contribution in [0.4, 0.5) is 11.4 Å². The molecule has 7 nitrogen and oxygen atoms in total. The lowest BCUT2D eigenvalue weighted by Gasteiger charge is -2.24. The third-order valence-corrected chi connectivity index (χ3v) is 4.10. The first-order chi connectivity index (χ1) is 9.31. The van der Waals surface area contributed by atoms with Crippen LogP contribution in [-0.4, -0.2) is 49.7 Å². The molecule has 0 aliphatic rings. The molecule has 0 spiro atoms. The van der Waals surface area contributed by atoms with E-state index in [0.29, 0.717) is 17.6 Å². The summed E-state index contributed by atoms with van der Waals surface area (Å²) in [6.07, 6.45) is 1.00. The number of benzene rings is 1. The van der Waals surface area contributed by atoms with Crippen molar-refractivity contribution in [3.63, 3.8) is 0 Å². The Balaban J connectivity index is 3.40. The molecule has 0 saturated heterocycles. The zero-order valence-corrected chi connectivity index (χ0v) is 13.2. The fourth-order valence-corrected chi connectivity index (χ4v) is 3.09. The fourth-order valence-electron chi connectivity index (χ4n) is 1.75. The number of nitrogens with zero attached hydrogens (tertiary/aromatic N) is 2. The molecule has 0 aliphatic carbocycles. The van der Waals surface area contributed by atoms with Crippen molar-refractivity contribution in [2.75, 3.05) is 36.2 Å². The Bertz CT molecular complexity index is 584. The molecule has 0 aromatic heterocycles. The van der Waals surface area contributed by atoms with E-state index in [4.69, 9.17) is 5.11 Å². The van der Waals surface area contributed by atoms with Gasteiger partial charge in [0, 0.05) is 36.8 Å². The predicted octanol–water partition coefficient (Wildman–Crippen LogP) is 1.19. The van der Waals surface area contributed by atoms with Crippen LogP contribution in [0.5, 0.6) is 0 Å². The number of non-ortho nitro benzene ring substituents is 1. The first-order valence-electron chi connectivity index (χ1n) is 5.71. The molecule has 0 amide bonds. The Kier molecular flexibility index (Phi) is 5.90. The number of nitro groups is 1. The molecule has 9 heteroatoms. The van der Waals surface area contributed by atoms with Gasteiger partial charge in [-0.05, 0) is 6.07 Å². The lowest BCUT2D eigenvalue weighted by Crippen LogP contribution is -2.30. The number of halogens is 1. The van der Waals surface area contributed by atoms with Gasteiger partial charge in [0.25, 0.3) is 5.69 Å². The van der Waals surface area contributed by atoms with Gasteiger partial charge in [0.15, 0.2) is 9.84 Å². The van der Waals surface area contributed by atoms with Crippen LogP contribution in [0.1, 0.15) is 0 Å². The number of hydrogen-bond acceptors (Lipinski definition) is 6. The van der Waals surface area contributed by atoms with Crippen LogP contribution in [0.15, 0.2) is 23.1 Å². The number of alkyl halides is 1. The van der Waals surface area contributed by atoms with Crippen molar-refractivity contribution in [1.29, 1.82) is 0 Å². The average molecular weight is 367 g/mol. The molecule has 0 radical (unpaired) electrons. The second-order valence-electron chi connectivity index (χ2n) is 4.08. The molecular formula is C11H15BrN2O5S. The Morgan fingerprint density at radius 3 is 2.50 bits per heavy atom. The zero-order valence-electron chi connectivity index (χ0n) is 10.8. The van der Waals surface area contributed by atoms with Gasteiger partial charge in [-0.1, -0.05) is 15.9 Å². The normalized spacial score (nSPS) is 11.3. The Hall–Kier alpha value is -1.19. The number of anilines is 1. The quantitative estimate of drug-likeness (QED) is 0.441. The van der Waals surface area contributed by atoms with Crippen LogP contribution in [0.2, 0.25) is 0 Å². The van der Waals surface area contributed by atoms with Crippen LogP contribution in [0, 0.1) is 10.1 Å². The number of sulfone groups is 1. The van der Waals surface area contributed by atoms with Gasteiger partial charge in [0.2, 0.25) is 0 Å². The first kappa shape index (κ1) is 16.9. The van der Waals surface area contributed by atoms with Crippen molar-refractivity contribution in [2.45, 2.75) is 4.90 Å². The van der Waals surface area contributed by atoms with E-state index in [1.165, 1.54) is 12.1 Å². The van der Waals surface area contributed by atoms with Gasteiger partial charge in [-0.25, -0.2) is 8.42 Å². The molecule has 0 saturated carbocycles. The van der Waals surface area contributed by atoms with Crippen LogP contribution in [0.25, 0.3) is 0 Å². The monoisotopic (exact) mass is 366 g/mol. The van der Waals surface area contributed by atoms with Gasteiger partial charge in [-0.15, -0.1) is 0 Å². The molecule has 1 aromatic carbocycles. The minimum Gasteiger partial charge on any atom is -0.395 e. The van der Waals surface area contributed by atoms with E-state index < -0.39 is 14.8 Å². The number of nitro benzene ring substituents is 1. The molecule has 0 unspecified atom stereocenters. The smallest absolute Gasteiger partial charge is 0.270 e. The van der Waals surface area contributed by atoms with Crippen molar-refractivity contribution in [2.24, 2.45) is 0 Å². The largest absolute Gasteiger partial charge is 0.395 e. The highest BCUT2D eigenvalue weighted by atomic mass is 79.9. The van der Waals surface area contributed by atoms with Gasteiger partial charge in [-0.3, -0.25) is 10.1 Å². The molecule has 0 atom stereocenters. The molecule has 112 valence electrons. The van der Waals surface area contributed by atoms with Gasteiger partial charge < -0.3 is 10.0 Å². The van der Waals surface area contributed by atoms with Crippen molar-refractivity contribution < 1.29 is 18.4 Å². The summed E-state index contributed by atoms with van der Waals surface area (Å²) in [5.74, 6) is 0. The van der Waals surface area contributed by atoms with E-state index in [1.54, 1.807) is 4.90 Å². The van der Waals surface area contributed by atoms with Crippen molar-refractivity contribution in [3.05, 3.63) is 28.3 Å². The summed E-state index contributed by atoms with van der Waals surface area (Å²) in [6, 6.07) is 3.69. The fraction of sp³-hybridized carbons (Fsp3) is 0.455. The minimum absolute atomic E-state index is 0.110. The van der Waals surface area contributed by atoms with E-state index in [0.717, 1.165) is 12.3 Å². The lowest BCUT2D eigenvalue weighted by atomic mass is 10.2. The number of aliphatic hydroxyl groups excluding tert-OH is 1. The third kappa shape index (κ3) is 4.15. The molecule has 1 N–H and O–H groups in total. The van der Waals surface area contributed by atoms with Crippen molar-refractivity contribution in [1.82, 2.24) is 0 Å². The molecule has 0 aliphatic heterocycles. The van der Waals surface area contributed by atoms with E-state index in [9.17, 15) is 18.5 Å². The molecule has 0 heterocycles. The molecule has 0 bridgehead atoms. The van der Waals surface area contributed by atoms with E-state index in [2.05, 4.69) is 15.9 Å². The zero-order chi connectivity index (χ0) is 15.3. The van der Waals surface area contributed by atoms with Crippen molar-refractivity contribution in [3.8, 4) is 0 Å². The maximum absolute atomic E-state index is 11.8. The highest BCUT2D eigenvalue weighted by molar-refractivity contribution is 9.09.